The minimum Gasteiger partial charge on any atom is -0.444 e. The number of nitrogens with zero attached hydrogens (tertiary/aromatic N) is 2. The SMILES string of the molecule is CC(C)(C)OC(=O)NCCCCCC(=O)N1CCC2(CC1)C(=O)NCN2c1ccccc1. The Hall–Kier alpha value is -2.77. The van der Waals surface area contributed by atoms with Gasteiger partial charge in [-0.25, -0.2) is 4.79 Å². The number of hydrogen-bond acceptors (Lipinski definition) is 5. The number of benzene rings is 1. The molecule has 0 bridgehead atoms. The van der Waals surface area contributed by atoms with Crippen LogP contribution in [0.15, 0.2) is 30.3 Å². The molecule has 0 aliphatic carbocycles. The number of amides is 3. The second kappa shape index (κ2) is 10.2. The van der Waals surface area contributed by atoms with Crippen molar-refractivity contribution in [1.29, 1.82) is 0 Å². The summed E-state index contributed by atoms with van der Waals surface area (Å²) in [6, 6.07) is 9.98. The minimum absolute atomic E-state index is 0.0611. The molecule has 2 fully saturated rings. The van der Waals surface area contributed by atoms with Gasteiger partial charge in [-0.2, -0.15) is 0 Å². The molecule has 2 aliphatic heterocycles. The molecule has 8 nitrogen and oxygen atoms in total. The number of likely N-dealkylation sites (tertiary alicyclic amines) is 1. The van der Waals surface area contributed by atoms with E-state index in [4.69, 9.17) is 4.74 Å². The summed E-state index contributed by atoms with van der Waals surface area (Å²) < 4.78 is 5.20. The van der Waals surface area contributed by atoms with Gasteiger partial charge in [0.25, 0.3) is 0 Å². The van der Waals surface area contributed by atoms with Crippen LogP contribution in [0.1, 0.15) is 59.3 Å². The fourth-order valence-electron chi connectivity index (χ4n) is 4.40. The number of unbranched alkanes of at least 4 members (excludes halogenated alkanes) is 2. The maximum atomic E-state index is 12.7. The number of carbonyl (C=O) groups is 3. The summed E-state index contributed by atoms with van der Waals surface area (Å²) in [6.07, 6.45) is 3.82. The van der Waals surface area contributed by atoms with Crippen LogP contribution in [-0.2, 0) is 14.3 Å². The molecule has 3 rings (SSSR count). The second-order valence-corrected chi connectivity index (χ2v) is 9.58. The monoisotopic (exact) mass is 444 g/mol. The van der Waals surface area contributed by atoms with Crippen LogP contribution in [-0.4, -0.2) is 60.3 Å². The molecule has 1 aromatic carbocycles. The van der Waals surface area contributed by atoms with Crippen molar-refractivity contribution in [3.63, 3.8) is 0 Å². The van der Waals surface area contributed by atoms with Crippen molar-refractivity contribution in [3.05, 3.63) is 30.3 Å². The van der Waals surface area contributed by atoms with Gasteiger partial charge in [0.05, 0.1) is 6.67 Å². The minimum atomic E-state index is -0.564. The molecule has 2 heterocycles. The van der Waals surface area contributed by atoms with E-state index in [1.807, 2.05) is 56.0 Å². The molecule has 2 aliphatic rings. The van der Waals surface area contributed by atoms with E-state index in [9.17, 15) is 14.4 Å². The number of anilines is 1. The van der Waals surface area contributed by atoms with Crippen LogP contribution < -0.4 is 15.5 Å². The van der Waals surface area contributed by atoms with E-state index in [0.29, 0.717) is 45.6 Å². The van der Waals surface area contributed by atoms with E-state index >= 15 is 0 Å². The van der Waals surface area contributed by atoms with Gasteiger partial charge in [0.1, 0.15) is 11.1 Å². The van der Waals surface area contributed by atoms with Gasteiger partial charge in [-0.1, -0.05) is 24.6 Å². The number of piperidine rings is 1. The van der Waals surface area contributed by atoms with E-state index < -0.39 is 17.2 Å². The predicted molar refractivity (Wildman–Crippen MR) is 123 cm³/mol. The Morgan fingerprint density at radius 2 is 1.78 bits per heavy atom. The van der Waals surface area contributed by atoms with Gasteiger partial charge >= 0.3 is 6.09 Å². The number of carbonyl (C=O) groups excluding carboxylic acids is 3. The zero-order chi connectivity index (χ0) is 23.2. The summed E-state index contributed by atoms with van der Waals surface area (Å²) in [5.74, 6) is 0.204. The lowest BCUT2D eigenvalue weighted by atomic mass is 9.85. The Balaban J connectivity index is 1.38. The molecule has 3 amide bonds. The lowest BCUT2D eigenvalue weighted by Gasteiger charge is -2.43. The van der Waals surface area contributed by atoms with Crippen LogP contribution in [0.4, 0.5) is 10.5 Å². The van der Waals surface area contributed by atoms with Crippen LogP contribution in [0.3, 0.4) is 0 Å². The highest BCUT2D eigenvalue weighted by molar-refractivity contribution is 5.93. The number of hydrogen-bond donors (Lipinski definition) is 2. The van der Waals surface area contributed by atoms with E-state index in [1.165, 1.54) is 0 Å². The fourth-order valence-corrected chi connectivity index (χ4v) is 4.40. The van der Waals surface area contributed by atoms with Crippen LogP contribution in [0, 0.1) is 0 Å². The Labute approximate surface area is 190 Å². The van der Waals surface area contributed by atoms with E-state index in [2.05, 4.69) is 15.5 Å². The summed E-state index contributed by atoms with van der Waals surface area (Å²) in [5, 5.41) is 5.73. The number of nitrogens with one attached hydrogen (secondary N) is 2. The van der Waals surface area contributed by atoms with Gasteiger partial charge in [0, 0.05) is 31.7 Å². The molecular formula is C24H36N4O4. The zero-order valence-corrected chi connectivity index (χ0v) is 19.5. The predicted octanol–water partition coefficient (Wildman–Crippen LogP) is 3.03. The van der Waals surface area contributed by atoms with Crippen LogP contribution >= 0.6 is 0 Å². The van der Waals surface area contributed by atoms with Crippen molar-refractivity contribution in [2.75, 3.05) is 31.2 Å². The van der Waals surface area contributed by atoms with Crippen molar-refractivity contribution in [2.45, 2.75) is 70.4 Å². The van der Waals surface area contributed by atoms with Crippen LogP contribution in [0.5, 0.6) is 0 Å². The van der Waals surface area contributed by atoms with Gasteiger partial charge in [0.2, 0.25) is 11.8 Å². The molecule has 2 saturated heterocycles. The van der Waals surface area contributed by atoms with Crippen LogP contribution in [0.25, 0.3) is 0 Å². The van der Waals surface area contributed by atoms with Crippen LogP contribution in [0.2, 0.25) is 0 Å². The average molecular weight is 445 g/mol. The summed E-state index contributed by atoms with van der Waals surface area (Å²) in [4.78, 5) is 41.0. The molecule has 0 unspecified atom stereocenters. The normalized spacial score (nSPS) is 17.9. The fraction of sp³-hybridized carbons (Fsp3) is 0.625. The third-order valence-electron chi connectivity index (χ3n) is 6.08. The van der Waals surface area contributed by atoms with Crippen molar-refractivity contribution >= 4 is 23.6 Å². The molecule has 8 heteroatoms. The van der Waals surface area contributed by atoms with E-state index in [0.717, 1.165) is 24.9 Å². The first-order chi connectivity index (χ1) is 15.2. The lowest BCUT2D eigenvalue weighted by Crippen LogP contribution is -2.57. The molecule has 176 valence electrons. The van der Waals surface area contributed by atoms with Crippen molar-refractivity contribution in [2.24, 2.45) is 0 Å². The molecule has 0 atom stereocenters. The van der Waals surface area contributed by atoms with Crippen molar-refractivity contribution in [1.82, 2.24) is 15.5 Å². The third kappa shape index (κ3) is 5.93. The molecule has 0 aromatic heterocycles. The molecular weight excluding hydrogens is 408 g/mol. The van der Waals surface area contributed by atoms with E-state index in [-0.39, 0.29) is 11.8 Å². The first-order valence-electron chi connectivity index (χ1n) is 11.6. The number of para-hydroxylation sites is 1. The summed E-state index contributed by atoms with van der Waals surface area (Å²) in [7, 11) is 0. The number of alkyl carbamates (subject to hydrolysis) is 1. The smallest absolute Gasteiger partial charge is 0.407 e. The standard InChI is InChI=1S/C24H36N4O4/c1-23(2,3)32-22(31)25-15-9-5-8-12-20(29)27-16-13-24(14-17-27)21(30)26-18-28(24)19-10-6-4-7-11-19/h4,6-7,10-11H,5,8-9,12-18H2,1-3H3,(H,25,31)(H,26,30). The summed E-state index contributed by atoms with van der Waals surface area (Å²) in [6.45, 7) is 7.73. The maximum Gasteiger partial charge on any atom is 0.407 e. The molecule has 0 radical (unpaired) electrons. The Kier molecular flexibility index (Phi) is 7.64. The second-order valence-electron chi connectivity index (χ2n) is 9.58. The summed E-state index contributed by atoms with van der Waals surface area (Å²) in [5.41, 5.74) is -0.0302. The first kappa shape index (κ1) is 23.9. The Morgan fingerprint density at radius 1 is 1.09 bits per heavy atom. The van der Waals surface area contributed by atoms with Gasteiger partial charge in [0.15, 0.2) is 0 Å². The molecule has 1 spiro atoms. The van der Waals surface area contributed by atoms with Gasteiger partial charge in [-0.15, -0.1) is 0 Å². The molecule has 32 heavy (non-hydrogen) atoms. The van der Waals surface area contributed by atoms with E-state index in [1.54, 1.807) is 0 Å². The highest BCUT2D eigenvalue weighted by atomic mass is 16.6. The van der Waals surface area contributed by atoms with Gasteiger partial charge in [-0.3, -0.25) is 9.59 Å². The Morgan fingerprint density at radius 3 is 2.44 bits per heavy atom. The van der Waals surface area contributed by atoms with Crippen molar-refractivity contribution in [3.8, 4) is 0 Å². The molecule has 1 aromatic rings. The van der Waals surface area contributed by atoms with Gasteiger partial charge < -0.3 is 25.2 Å². The highest BCUT2D eigenvalue weighted by Gasteiger charge is 2.50. The first-order valence-corrected chi connectivity index (χ1v) is 11.6. The number of ether oxygens (including phenoxy) is 1. The quantitative estimate of drug-likeness (QED) is 0.631. The largest absolute Gasteiger partial charge is 0.444 e. The van der Waals surface area contributed by atoms with Gasteiger partial charge in [-0.05, 0) is 58.6 Å². The van der Waals surface area contributed by atoms with Crippen molar-refractivity contribution < 1.29 is 19.1 Å². The number of rotatable bonds is 7. The molecule has 0 saturated carbocycles. The average Bonchev–Trinajstić information content (AvgIpc) is 3.06. The lowest BCUT2D eigenvalue weighted by molar-refractivity contribution is -0.135. The molecule has 2 N–H and O–H groups in total. The zero-order valence-electron chi connectivity index (χ0n) is 19.5. The maximum absolute atomic E-state index is 12.7. The topological polar surface area (TPSA) is 91.0 Å². The third-order valence-corrected chi connectivity index (χ3v) is 6.08. The highest BCUT2D eigenvalue weighted by Crippen LogP contribution is 2.36. The summed E-state index contributed by atoms with van der Waals surface area (Å²) >= 11 is 0. The Bertz CT molecular complexity index is 798.